The standard InChI is InChI=1S/C15H12BrClN6OS/c16-10-5-2-1-4-9(10)14-21-22-15(23(14)18)25-8-12(24)20-11-6-3-7-19-13(11)17/h1-7H,8,18H2,(H,20,24). The van der Waals surface area contributed by atoms with E-state index in [9.17, 15) is 4.79 Å². The highest BCUT2D eigenvalue weighted by Crippen LogP contribution is 2.28. The number of halogens is 2. The van der Waals surface area contributed by atoms with Crippen LogP contribution in [0.4, 0.5) is 5.69 Å². The molecular weight excluding hydrogens is 428 g/mol. The van der Waals surface area contributed by atoms with Crippen LogP contribution in [-0.4, -0.2) is 31.5 Å². The van der Waals surface area contributed by atoms with Crippen molar-refractivity contribution in [3.8, 4) is 11.4 Å². The van der Waals surface area contributed by atoms with E-state index in [1.807, 2.05) is 24.3 Å². The van der Waals surface area contributed by atoms with Crippen LogP contribution in [0.2, 0.25) is 5.15 Å². The highest BCUT2D eigenvalue weighted by molar-refractivity contribution is 9.10. The van der Waals surface area contributed by atoms with Gasteiger partial charge in [0.2, 0.25) is 11.1 Å². The van der Waals surface area contributed by atoms with Crippen molar-refractivity contribution in [3.63, 3.8) is 0 Å². The average Bonchev–Trinajstić information content (AvgIpc) is 2.96. The second-order valence-corrected chi connectivity index (χ2v) is 6.99. The molecule has 25 heavy (non-hydrogen) atoms. The van der Waals surface area contributed by atoms with E-state index in [0.717, 1.165) is 10.0 Å². The van der Waals surface area contributed by atoms with Crippen LogP contribution in [0.15, 0.2) is 52.2 Å². The topological polar surface area (TPSA) is 98.7 Å². The number of nitrogens with one attached hydrogen (secondary N) is 1. The van der Waals surface area contributed by atoms with Crippen LogP contribution in [0, 0.1) is 0 Å². The Morgan fingerprint density at radius 2 is 2.08 bits per heavy atom. The first kappa shape index (κ1) is 17.7. The van der Waals surface area contributed by atoms with Crippen LogP contribution in [0.3, 0.4) is 0 Å². The van der Waals surface area contributed by atoms with Gasteiger partial charge >= 0.3 is 0 Å². The molecule has 3 rings (SSSR count). The number of nitrogens with two attached hydrogens (primary N) is 1. The van der Waals surface area contributed by atoms with Crippen molar-refractivity contribution in [1.82, 2.24) is 19.9 Å². The Morgan fingerprint density at radius 1 is 1.28 bits per heavy atom. The van der Waals surface area contributed by atoms with Crippen LogP contribution < -0.4 is 11.2 Å². The second-order valence-electron chi connectivity index (χ2n) is 4.83. The van der Waals surface area contributed by atoms with Crippen molar-refractivity contribution in [3.05, 3.63) is 52.2 Å². The SMILES string of the molecule is Nn1c(SCC(=O)Nc2cccnc2Cl)nnc1-c1ccccc1Br. The molecule has 1 amide bonds. The Kier molecular flexibility index (Phi) is 5.57. The molecule has 0 spiro atoms. The first-order valence-electron chi connectivity index (χ1n) is 7.05. The van der Waals surface area contributed by atoms with E-state index in [1.54, 1.807) is 18.3 Å². The fourth-order valence-electron chi connectivity index (χ4n) is 2.00. The summed E-state index contributed by atoms with van der Waals surface area (Å²) in [6, 6.07) is 10.9. The van der Waals surface area contributed by atoms with Crippen molar-refractivity contribution in [2.24, 2.45) is 0 Å². The molecule has 128 valence electrons. The first-order valence-corrected chi connectivity index (χ1v) is 9.20. The molecule has 0 saturated heterocycles. The third kappa shape index (κ3) is 4.12. The molecule has 10 heteroatoms. The number of nitrogen functional groups attached to an aromatic ring is 1. The van der Waals surface area contributed by atoms with Gasteiger partial charge in [0, 0.05) is 16.2 Å². The van der Waals surface area contributed by atoms with Crippen LogP contribution in [0.1, 0.15) is 0 Å². The minimum absolute atomic E-state index is 0.108. The van der Waals surface area contributed by atoms with Gasteiger partial charge in [-0.1, -0.05) is 51.4 Å². The predicted octanol–water partition coefficient (Wildman–Crippen LogP) is 3.20. The number of hydrogen-bond acceptors (Lipinski definition) is 6. The number of thioether (sulfide) groups is 1. The number of amides is 1. The average molecular weight is 440 g/mol. The van der Waals surface area contributed by atoms with Crippen molar-refractivity contribution < 1.29 is 4.79 Å². The molecule has 0 aliphatic heterocycles. The molecule has 0 aliphatic carbocycles. The molecule has 1 aromatic carbocycles. The van der Waals surface area contributed by atoms with E-state index in [-0.39, 0.29) is 16.8 Å². The third-order valence-electron chi connectivity index (χ3n) is 3.14. The van der Waals surface area contributed by atoms with Gasteiger partial charge in [-0.05, 0) is 24.3 Å². The summed E-state index contributed by atoms with van der Waals surface area (Å²) < 4.78 is 2.21. The molecule has 0 fully saturated rings. The van der Waals surface area contributed by atoms with Crippen LogP contribution >= 0.6 is 39.3 Å². The Bertz CT molecular complexity index is 919. The lowest BCUT2D eigenvalue weighted by molar-refractivity contribution is -0.113. The molecule has 3 N–H and O–H groups in total. The normalized spacial score (nSPS) is 10.6. The van der Waals surface area contributed by atoms with E-state index in [0.29, 0.717) is 16.7 Å². The summed E-state index contributed by atoms with van der Waals surface area (Å²) in [7, 11) is 0. The van der Waals surface area contributed by atoms with Crippen LogP contribution in [0.25, 0.3) is 11.4 Å². The Labute approximate surface area is 161 Å². The van der Waals surface area contributed by atoms with Crippen molar-refractivity contribution in [1.29, 1.82) is 0 Å². The Balaban J connectivity index is 1.67. The summed E-state index contributed by atoms with van der Waals surface area (Å²) in [6.45, 7) is 0. The molecule has 0 atom stereocenters. The number of benzene rings is 1. The van der Waals surface area contributed by atoms with Gasteiger partial charge in [0.15, 0.2) is 11.0 Å². The van der Waals surface area contributed by atoms with Gasteiger partial charge in [0.1, 0.15) is 0 Å². The maximum Gasteiger partial charge on any atom is 0.234 e. The highest BCUT2D eigenvalue weighted by atomic mass is 79.9. The van der Waals surface area contributed by atoms with E-state index >= 15 is 0 Å². The number of rotatable bonds is 5. The second kappa shape index (κ2) is 7.85. The first-order chi connectivity index (χ1) is 12.1. The molecular formula is C15H12BrClN6OS. The summed E-state index contributed by atoms with van der Waals surface area (Å²) in [6.07, 6.45) is 1.55. The monoisotopic (exact) mass is 438 g/mol. The number of hydrogen-bond donors (Lipinski definition) is 2. The summed E-state index contributed by atoms with van der Waals surface area (Å²) >= 11 is 10.5. The summed E-state index contributed by atoms with van der Waals surface area (Å²) in [5.74, 6) is 6.42. The fraction of sp³-hybridized carbons (Fsp3) is 0.0667. The zero-order valence-electron chi connectivity index (χ0n) is 12.7. The fourth-order valence-corrected chi connectivity index (χ4v) is 3.28. The van der Waals surface area contributed by atoms with Crippen molar-refractivity contribution in [2.45, 2.75) is 5.16 Å². The molecule has 0 unspecified atom stereocenters. The van der Waals surface area contributed by atoms with Gasteiger partial charge in [-0.25, -0.2) is 9.66 Å². The maximum absolute atomic E-state index is 12.1. The van der Waals surface area contributed by atoms with Crippen molar-refractivity contribution in [2.75, 3.05) is 16.9 Å². The zero-order chi connectivity index (χ0) is 17.8. The zero-order valence-corrected chi connectivity index (χ0v) is 15.8. The van der Waals surface area contributed by atoms with E-state index in [4.69, 9.17) is 17.4 Å². The minimum atomic E-state index is -0.245. The number of carbonyl (C=O) groups is 1. The molecule has 2 aromatic heterocycles. The molecule has 7 nitrogen and oxygen atoms in total. The molecule has 0 aliphatic rings. The number of pyridine rings is 1. The molecule has 0 bridgehead atoms. The lowest BCUT2D eigenvalue weighted by Crippen LogP contribution is -2.16. The van der Waals surface area contributed by atoms with Crippen molar-refractivity contribution >= 4 is 50.9 Å². The van der Waals surface area contributed by atoms with Gasteiger partial charge in [-0.15, -0.1) is 10.2 Å². The molecule has 0 radical (unpaired) electrons. The summed E-state index contributed by atoms with van der Waals surface area (Å²) in [5.41, 5.74) is 1.27. The van der Waals surface area contributed by atoms with Gasteiger partial charge in [0.25, 0.3) is 0 Å². The molecule has 0 saturated carbocycles. The lowest BCUT2D eigenvalue weighted by Gasteiger charge is -2.07. The van der Waals surface area contributed by atoms with Gasteiger partial charge in [-0.3, -0.25) is 4.79 Å². The van der Waals surface area contributed by atoms with Gasteiger partial charge < -0.3 is 11.2 Å². The van der Waals surface area contributed by atoms with E-state index < -0.39 is 0 Å². The number of nitrogens with zero attached hydrogens (tertiary/aromatic N) is 4. The summed E-state index contributed by atoms with van der Waals surface area (Å²) in [5, 5.41) is 11.5. The maximum atomic E-state index is 12.1. The quantitative estimate of drug-likeness (QED) is 0.360. The summed E-state index contributed by atoms with van der Waals surface area (Å²) in [4.78, 5) is 16.0. The van der Waals surface area contributed by atoms with Crippen LogP contribution in [0.5, 0.6) is 0 Å². The third-order valence-corrected chi connectivity index (χ3v) is 5.08. The number of carbonyl (C=O) groups excluding carboxylic acids is 1. The predicted molar refractivity (Wildman–Crippen MR) is 102 cm³/mol. The van der Waals surface area contributed by atoms with E-state index in [1.165, 1.54) is 16.4 Å². The lowest BCUT2D eigenvalue weighted by atomic mass is 10.2. The van der Waals surface area contributed by atoms with Gasteiger partial charge in [0.05, 0.1) is 11.4 Å². The van der Waals surface area contributed by atoms with Gasteiger partial charge in [-0.2, -0.15) is 0 Å². The molecule has 3 aromatic rings. The highest BCUT2D eigenvalue weighted by Gasteiger charge is 2.15. The molecule has 2 heterocycles. The number of aromatic nitrogens is 4. The smallest absolute Gasteiger partial charge is 0.234 e. The van der Waals surface area contributed by atoms with E-state index in [2.05, 4.69) is 36.4 Å². The number of anilines is 1. The van der Waals surface area contributed by atoms with Crippen LogP contribution in [-0.2, 0) is 4.79 Å². The Morgan fingerprint density at radius 3 is 2.84 bits per heavy atom. The minimum Gasteiger partial charge on any atom is -0.335 e. The largest absolute Gasteiger partial charge is 0.335 e. The Hall–Kier alpha value is -2.10.